The van der Waals surface area contributed by atoms with Gasteiger partial charge in [-0.25, -0.2) is 4.39 Å². The van der Waals surface area contributed by atoms with E-state index in [2.05, 4.69) is 5.32 Å². The average molecular weight is 694 g/mol. The Morgan fingerprint density at radius 3 is 2.52 bits per heavy atom. The summed E-state index contributed by atoms with van der Waals surface area (Å²) in [5.74, 6) is -3.56. The van der Waals surface area contributed by atoms with E-state index in [0.29, 0.717) is 24.8 Å². The summed E-state index contributed by atoms with van der Waals surface area (Å²) in [5, 5.41) is 35.4. The van der Waals surface area contributed by atoms with Crippen LogP contribution in [0, 0.1) is 34.5 Å². The van der Waals surface area contributed by atoms with E-state index < -0.39 is 63.7 Å². The van der Waals surface area contributed by atoms with Crippen LogP contribution in [0.15, 0.2) is 23.8 Å². The van der Waals surface area contributed by atoms with Crippen molar-refractivity contribution in [2.75, 3.05) is 31.2 Å². The summed E-state index contributed by atoms with van der Waals surface area (Å²) in [5.41, 5.74) is -0.135. The number of hydrogen-bond donors (Lipinski definition) is 5. The topological polar surface area (TPSA) is 187 Å². The molecule has 4 rings (SSSR count). The average Bonchev–Trinajstić information content (AvgIpc) is 3.20. The maximum absolute atomic E-state index is 17.4. The molecule has 0 bridgehead atoms. The number of thioether (sulfide) groups is 1. The number of amides is 3. The van der Waals surface area contributed by atoms with Crippen molar-refractivity contribution < 1.29 is 43.7 Å². The summed E-state index contributed by atoms with van der Waals surface area (Å²) in [6.45, 7) is 8.76. The highest BCUT2D eigenvalue weighted by Crippen LogP contribution is 2.70. The molecule has 0 unspecified atom stereocenters. The Morgan fingerprint density at radius 2 is 1.90 bits per heavy atom. The first-order valence-corrected chi connectivity index (χ1v) is 18.1. The quantitative estimate of drug-likeness (QED) is 0.169. The summed E-state index contributed by atoms with van der Waals surface area (Å²) >= 11 is 1.20. The lowest BCUT2D eigenvalue weighted by molar-refractivity contribution is -0.218. The maximum atomic E-state index is 17.4. The monoisotopic (exact) mass is 693 g/mol. The summed E-state index contributed by atoms with van der Waals surface area (Å²) in [6, 6.07) is -1.05. The third-order valence-corrected chi connectivity index (χ3v) is 12.7. The van der Waals surface area contributed by atoms with Gasteiger partial charge in [-0.05, 0) is 68.9 Å². The second-order valence-corrected chi connectivity index (χ2v) is 16.2. The molecule has 0 heterocycles. The highest BCUT2D eigenvalue weighted by Gasteiger charge is 2.75. The molecule has 11 nitrogen and oxygen atoms in total. The number of halogens is 1. The molecule has 0 aromatic rings. The van der Waals surface area contributed by atoms with Gasteiger partial charge in [0, 0.05) is 42.1 Å². The predicted octanol–water partition coefficient (Wildman–Crippen LogP) is 1.86. The van der Waals surface area contributed by atoms with Gasteiger partial charge in [0.05, 0.1) is 18.4 Å². The molecule has 0 radical (unpaired) electrons. The normalized spacial score (nSPS) is 36.0. The summed E-state index contributed by atoms with van der Waals surface area (Å²) in [4.78, 5) is 64.7. The molecule has 0 aromatic heterocycles. The molecule has 48 heavy (non-hydrogen) atoms. The van der Waals surface area contributed by atoms with Crippen molar-refractivity contribution in [3.05, 3.63) is 23.8 Å². The van der Waals surface area contributed by atoms with Crippen molar-refractivity contribution in [1.82, 2.24) is 10.2 Å². The van der Waals surface area contributed by atoms with E-state index in [1.807, 2.05) is 13.8 Å². The van der Waals surface area contributed by atoms with E-state index in [1.165, 1.54) is 28.8 Å². The molecular weight excluding hydrogens is 641 g/mol. The molecule has 3 saturated carbocycles. The van der Waals surface area contributed by atoms with E-state index in [9.17, 15) is 34.2 Å². The van der Waals surface area contributed by atoms with Gasteiger partial charge in [0.1, 0.15) is 11.6 Å². The minimum atomic E-state index is -2.06. The fraction of sp³-hybridized carbons (Fsp3) is 0.743. The van der Waals surface area contributed by atoms with E-state index in [4.69, 9.17) is 10.8 Å². The lowest BCUT2D eigenvalue weighted by Crippen LogP contribution is -2.69. The van der Waals surface area contributed by atoms with Gasteiger partial charge < -0.3 is 31.3 Å². The number of primary amides is 1. The summed E-state index contributed by atoms with van der Waals surface area (Å²) in [7, 11) is 0. The Hall–Kier alpha value is -2.61. The molecule has 6 N–H and O–H groups in total. The zero-order valence-corrected chi connectivity index (χ0v) is 29.5. The number of allylic oxidation sites excluding steroid dienone is 4. The first-order valence-electron chi connectivity index (χ1n) is 17.0. The Kier molecular flexibility index (Phi) is 11.4. The number of Topliss-reactive ketones (excluding diaryl/α,β-unsaturated/α-hetero) is 1. The minimum absolute atomic E-state index is 0.0251. The van der Waals surface area contributed by atoms with Crippen molar-refractivity contribution >= 4 is 41.0 Å². The molecule has 0 saturated heterocycles. The van der Waals surface area contributed by atoms with Crippen LogP contribution in [-0.2, 0) is 24.0 Å². The summed E-state index contributed by atoms with van der Waals surface area (Å²) in [6.07, 6.45) is 4.16. The number of nitrogens with two attached hydrogens (primary N) is 1. The lowest BCUT2D eigenvalue weighted by Gasteiger charge is -2.62. The van der Waals surface area contributed by atoms with Crippen LogP contribution < -0.4 is 11.1 Å². The van der Waals surface area contributed by atoms with Gasteiger partial charge in [0.25, 0.3) is 0 Å². The third-order valence-electron chi connectivity index (χ3n) is 11.7. The largest absolute Gasteiger partial charge is 0.396 e. The van der Waals surface area contributed by atoms with Crippen LogP contribution in [-0.4, -0.2) is 104 Å². The number of nitrogens with zero attached hydrogens (tertiary/aromatic N) is 1. The smallest absolute Gasteiger partial charge is 0.240 e. The maximum Gasteiger partial charge on any atom is 0.240 e. The SMILES string of the molecule is CC(C)CN(CC(=O)N[C@@H](CCO)C(N)=O)C(=O)CCSCC(=O)[C@@]1(O)[C@H](C)C[C@H]2[C@@H]3CCC4=CC(=O)C=C[C@]4(C)[C@@]3(F)[C@@H](O)C[C@@]21C. The number of ketones is 2. The second kappa shape index (κ2) is 14.3. The fourth-order valence-electron chi connectivity index (χ4n) is 9.26. The van der Waals surface area contributed by atoms with Crippen LogP contribution in [0.1, 0.15) is 73.1 Å². The Bertz CT molecular complexity index is 1370. The lowest BCUT2D eigenvalue weighted by atomic mass is 9.44. The van der Waals surface area contributed by atoms with Gasteiger partial charge >= 0.3 is 0 Å². The van der Waals surface area contributed by atoms with Crippen LogP contribution in [0.5, 0.6) is 0 Å². The van der Waals surface area contributed by atoms with E-state index in [1.54, 1.807) is 26.8 Å². The zero-order chi connectivity index (χ0) is 35.8. The van der Waals surface area contributed by atoms with Gasteiger partial charge in [0.2, 0.25) is 17.7 Å². The Labute approximate surface area is 286 Å². The molecule has 3 fully saturated rings. The standard InChI is InChI=1S/C35H52FN3O8S/c1-20(2)17-39(18-29(44)38-26(9-12-40)31(37)46)30(45)10-13-48-19-28(43)35(47)21(3)14-25-24-7-6-22-15-23(41)8-11-32(22,4)34(24,36)27(42)16-33(25,35)5/h8,11,15,20-21,24-27,40,42,47H,6-7,9-10,12-14,16-19H2,1-5H3,(H2,37,46)(H,38,44)/t21-,24+,25+,26+,27+,32+,33+,34+,35+/m1/s1. The van der Waals surface area contributed by atoms with Gasteiger partial charge in [-0.15, -0.1) is 0 Å². The number of nitrogens with one attached hydrogen (secondary N) is 1. The summed E-state index contributed by atoms with van der Waals surface area (Å²) < 4.78 is 17.4. The first-order chi connectivity index (χ1) is 22.4. The number of carbonyl (C=O) groups excluding carboxylic acids is 5. The highest BCUT2D eigenvalue weighted by molar-refractivity contribution is 7.99. The van der Waals surface area contributed by atoms with E-state index in [0.717, 1.165) is 0 Å². The van der Waals surface area contributed by atoms with Crippen molar-refractivity contribution in [2.24, 2.45) is 40.2 Å². The van der Waals surface area contributed by atoms with Crippen molar-refractivity contribution in [3.63, 3.8) is 0 Å². The second-order valence-electron chi connectivity index (χ2n) is 15.1. The van der Waals surface area contributed by atoms with Crippen LogP contribution in [0.3, 0.4) is 0 Å². The van der Waals surface area contributed by atoms with Gasteiger partial charge in [-0.2, -0.15) is 11.8 Å². The minimum Gasteiger partial charge on any atom is -0.396 e. The van der Waals surface area contributed by atoms with Gasteiger partial charge in [-0.3, -0.25) is 24.0 Å². The van der Waals surface area contributed by atoms with Crippen molar-refractivity contribution in [2.45, 2.75) is 96.6 Å². The molecule has 4 aliphatic rings. The predicted molar refractivity (Wildman–Crippen MR) is 179 cm³/mol. The first kappa shape index (κ1) is 38.2. The molecular formula is C35H52FN3O8S. The van der Waals surface area contributed by atoms with Crippen molar-refractivity contribution in [1.29, 1.82) is 0 Å². The fourth-order valence-corrected chi connectivity index (χ4v) is 10.1. The Morgan fingerprint density at radius 1 is 1.21 bits per heavy atom. The number of alkyl halides is 1. The van der Waals surface area contributed by atoms with E-state index >= 15 is 4.39 Å². The molecule has 9 atom stereocenters. The number of carbonyl (C=O) groups is 5. The zero-order valence-electron chi connectivity index (χ0n) is 28.7. The molecule has 0 aromatic carbocycles. The van der Waals surface area contributed by atoms with Crippen LogP contribution in [0.25, 0.3) is 0 Å². The number of hydrogen-bond acceptors (Lipinski definition) is 9. The van der Waals surface area contributed by atoms with Crippen LogP contribution in [0.4, 0.5) is 4.39 Å². The number of aliphatic hydroxyl groups excluding tert-OH is 2. The van der Waals surface area contributed by atoms with E-state index in [-0.39, 0.29) is 74.0 Å². The Balaban J connectivity index is 1.41. The van der Waals surface area contributed by atoms with Crippen LogP contribution >= 0.6 is 11.8 Å². The molecule has 268 valence electrons. The third kappa shape index (κ3) is 6.52. The molecule has 0 spiro atoms. The van der Waals surface area contributed by atoms with Crippen molar-refractivity contribution in [3.8, 4) is 0 Å². The number of fused-ring (bicyclic) bond motifs is 5. The highest BCUT2D eigenvalue weighted by atomic mass is 32.2. The van der Waals surface area contributed by atoms with Gasteiger partial charge in [-0.1, -0.05) is 39.3 Å². The molecule has 0 aliphatic heterocycles. The van der Waals surface area contributed by atoms with Gasteiger partial charge in [0.15, 0.2) is 17.2 Å². The molecule has 3 amide bonds. The number of rotatable bonds is 14. The number of aliphatic hydroxyl groups is 3. The van der Waals surface area contributed by atoms with Crippen LogP contribution in [0.2, 0.25) is 0 Å². The molecule has 4 aliphatic carbocycles. The molecule has 13 heteroatoms.